The number of nitrogens with zero attached hydrogens (tertiary/aromatic N) is 5. The number of hydrogen-bond donors (Lipinski definition) is 1. The van der Waals surface area contributed by atoms with Gasteiger partial charge in [0.1, 0.15) is 39.6 Å². The maximum atomic E-state index is 14.7. The van der Waals surface area contributed by atoms with Crippen LogP contribution in [0.2, 0.25) is 0 Å². The van der Waals surface area contributed by atoms with E-state index in [0.717, 1.165) is 21.5 Å². The average Bonchev–Trinajstić information content (AvgIpc) is 3.62. The van der Waals surface area contributed by atoms with Crippen molar-refractivity contribution >= 4 is 27.5 Å². The van der Waals surface area contributed by atoms with Crippen molar-refractivity contribution in [2.75, 3.05) is 0 Å². The van der Waals surface area contributed by atoms with E-state index in [0.29, 0.717) is 21.9 Å². The van der Waals surface area contributed by atoms with Gasteiger partial charge in [0, 0.05) is 11.1 Å². The van der Waals surface area contributed by atoms with Crippen LogP contribution in [0.3, 0.4) is 0 Å². The maximum absolute atomic E-state index is 14.7. The van der Waals surface area contributed by atoms with Crippen LogP contribution in [0.4, 0.5) is 4.39 Å². The summed E-state index contributed by atoms with van der Waals surface area (Å²) in [5, 5.41) is 19.0. The van der Waals surface area contributed by atoms with Gasteiger partial charge in [-0.2, -0.15) is 10.2 Å². The summed E-state index contributed by atoms with van der Waals surface area (Å²) in [6.07, 6.45) is 1.68. The van der Waals surface area contributed by atoms with Crippen molar-refractivity contribution in [2.45, 2.75) is 65.5 Å². The highest BCUT2D eigenvalue weighted by Gasteiger charge is 2.36. The lowest BCUT2D eigenvalue weighted by Crippen LogP contribution is -2.52. The molecule has 1 atom stereocenters. The molecular formula is C31H32FN5O6S. The number of ether oxygens (including phenoxy) is 2. The third kappa shape index (κ3) is 5.80. The number of thiophene rings is 1. The van der Waals surface area contributed by atoms with Gasteiger partial charge < -0.3 is 14.6 Å². The van der Waals surface area contributed by atoms with Crippen molar-refractivity contribution in [3.05, 3.63) is 104 Å². The fraction of sp³-hybridized carbons (Fsp3) is 0.323. The molecule has 230 valence electrons. The number of carboxylic acid groups (broad SMARTS) is 1. The van der Waals surface area contributed by atoms with Crippen LogP contribution < -0.4 is 16.0 Å². The van der Waals surface area contributed by atoms with E-state index >= 15 is 0 Å². The van der Waals surface area contributed by atoms with Gasteiger partial charge in [0.05, 0.1) is 30.4 Å². The Balaban J connectivity index is 1.72. The van der Waals surface area contributed by atoms with Gasteiger partial charge in [-0.15, -0.1) is 4.80 Å². The van der Waals surface area contributed by atoms with Gasteiger partial charge in [0.2, 0.25) is 0 Å². The average molecular weight is 622 g/mol. The number of carboxylic acids is 1. The number of aromatic nitrogens is 5. The molecule has 2 aromatic carbocycles. The second-order valence-corrected chi connectivity index (χ2v) is 12.0. The predicted molar refractivity (Wildman–Crippen MR) is 163 cm³/mol. The van der Waals surface area contributed by atoms with E-state index in [-0.39, 0.29) is 29.5 Å². The first kappa shape index (κ1) is 30.8. The van der Waals surface area contributed by atoms with Crippen LogP contribution in [0.5, 0.6) is 5.75 Å². The van der Waals surface area contributed by atoms with Crippen molar-refractivity contribution in [1.82, 2.24) is 24.1 Å². The van der Waals surface area contributed by atoms with Gasteiger partial charge in [0.25, 0.3) is 5.56 Å². The number of hydrogen-bond acceptors (Lipinski definition) is 8. The molecule has 0 aliphatic rings. The Morgan fingerprint density at radius 1 is 1.09 bits per heavy atom. The molecule has 0 aliphatic carbocycles. The number of fused-ring (bicyclic) bond motifs is 1. The van der Waals surface area contributed by atoms with Gasteiger partial charge in [-0.05, 0) is 58.4 Å². The van der Waals surface area contributed by atoms with Gasteiger partial charge in [-0.1, -0.05) is 41.7 Å². The van der Waals surface area contributed by atoms with E-state index in [9.17, 15) is 23.9 Å². The van der Waals surface area contributed by atoms with E-state index in [1.54, 1.807) is 20.8 Å². The quantitative estimate of drug-likeness (QED) is 0.222. The molecule has 0 bridgehead atoms. The van der Waals surface area contributed by atoms with E-state index in [1.165, 1.54) is 53.8 Å². The first-order chi connectivity index (χ1) is 20.9. The van der Waals surface area contributed by atoms with Gasteiger partial charge >= 0.3 is 11.7 Å². The minimum absolute atomic E-state index is 0.152. The molecular weight excluding hydrogens is 589 g/mol. The first-order valence-electron chi connectivity index (χ1n) is 13.9. The molecule has 11 nitrogen and oxygen atoms in total. The molecule has 3 aromatic heterocycles. The summed E-state index contributed by atoms with van der Waals surface area (Å²) in [4.78, 5) is 41.9. The number of rotatable bonds is 11. The van der Waals surface area contributed by atoms with Gasteiger partial charge in [-0.3, -0.25) is 9.36 Å². The molecule has 0 unspecified atom stereocenters. The van der Waals surface area contributed by atoms with Crippen LogP contribution >= 0.6 is 11.3 Å². The van der Waals surface area contributed by atoms with Crippen LogP contribution in [0.15, 0.2) is 70.5 Å². The molecule has 0 saturated carbocycles. The highest BCUT2D eigenvalue weighted by molar-refractivity contribution is 7.21. The molecule has 0 radical (unpaired) electrons. The molecule has 44 heavy (non-hydrogen) atoms. The standard InChI is InChI=1S/C31H32FN5O6S/c1-18(2)43-24(22-15-21(32)11-12-23(22)42-17-20-9-7-6-8-10-20)16-35-28-25(19(3)27(44-28)37-33-13-14-34-37)26(38)36(30(35)41)31(4,5)29(39)40/h6-15,18,24H,16-17H2,1-5H3,(H,39,40)/t24-/m0/s1. The molecule has 0 fully saturated rings. The molecule has 0 saturated heterocycles. The Kier molecular flexibility index (Phi) is 8.53. The molecule has 3 heterocycles. The van der Waals surface area contributed by atoms with Crippen molar-refractivity contribution in [1.29, 1.82) is 0 Å². The molecule has 1 N–H and O–H groups in total. The number of benzene rings is 2. The normalized spacial score (nSPS) is 12.6. The highest BCUT2D eigenvalue weighted by Crippen LogP contribution is 2.35. The van der Waals surface area contributed by atoms with Crippen molar-refractivity contribution in [2.24, 2.45) is 0 Å². The van der Waals surface area contributed by atoms with Crippen LogP contribution in [0.1, 0.15) is 50.5 Å². The van der Waals surface area contributed by atoms with Crippen molar-refractivity contribution in [3.63, 3.8) is 0 Å². The van der Waals surface area contributed by atoms with Crippen LogP contribution in [0.25, 0.3) is 15.2 Å². The summed E-state index contributed by atoms with van der Waals surface area (Å²) in [7, 11) is 0. The Morgan fingerprint density at radius 2 is 1.77 bits per heavy atom. The Morgan fingerprint density at radius 3 is 2.41 bits per heavy atom. The second kappa shape index (κ2) is 12.2. The monoisotopic (exact) mass is 621 g/mol. The van der Waals surface area contributed by atoms with Crippen molar-refractivity contribution in [3.8, 4) is 10.8 Å². The predicted octanol–water partition coefficient (Wildman–Crippen LogP) is 4.82. The lowest BCUT2D eigenvalue weighted by atomic mass is 10.1. The zero-order valence-electron chi connectivity index (χ0n) is 24.9. The van der Waals surface area contributed by atoms with Gasteiger partial charge in [0.15, 0.2) is 0 Å². The first-order valence-corrected chi connectivity index (χ1v) is 14.7. The minimum Gasteiger partial charge on any atom is -0.489 e. The second-order valence-electron chi connectivity index (χ2n) is 11.1. The van der Waals surface area contributed by atoms with Crippen LogP contribution in [0, 0.1) is 12.7 Å². The largest absolute Gasteiger partial charge is 0.489 e. The molecule has 0 aliphatic heterocycles. The van der Waals surface area contributed by atoms with Crippen LogP contribution in [-0.2, 0) is 28.2 Å². The van der Waals surface area contributed by atoms with E-state index in [1.807, 2.05) is 30.3 Å². The van der Waals surface area contributed by atoms with Crippen molar-refractivity contribution < 1.29 is 23.8 Å². The smallest absolute Gasteiger partial charge is 0.333 e. The number of halogens is 1. The Hall–Kier alpha value is -4.62. The molecule has 0 spiro atoms. The topological polar surface area (TPSA) is 130 Å². The van der Waals surface area contributed by atoms with Gasteiger partial charge in [-0.25, -0.2) is 18.5 Å². The zero-order chi connectivity index (χ0) is 31.8. The van der Waals surface area contributed by atoms with E-state index in [4.69, 9.17) is 9.47 Å². The maximum Gasteiger partial charge on any atom is 0.333 e. The summed E-state index contributed by atoms with van der Waals surface area (Å²) in [6, 6.07) is 13.6. The molecule has 0 amide bonds. The third-order valence-corrected chi connectivity index (χ3v) is 8.49. The summed E-state index contributed by atoms with van der Waals surface area (Å²) < 4.78 is 29.2. The zero-order valence-corrected chi connectivity index (χ0v) is 25.7. The Bertz CT molecular complexity index is 1930. The summed E-state index contributed by atoms with van der Waals surface area (Å²) in [6.45, 7) is 7.91. The Labute approximate surface area is 255 Å². The molecule has 5 aromatic rings. The summed E-state index contributed by atoms with van der Waals surface area (Å²) in [5.41, 5.74) is -1.75. The summed E-state index contributed by atoms with van der Waals surface area (Å²) in [5.74, 6) is -1.53. The molecule has 13 heteroatoms. The summed E-state index contributed by atoms with van der Waals surface area (Å²) >= 11 is 1.11. The molecule has 5 rings (SSSR count). The van der Waals surface area contributed by atoms with Crippen LogP contribution in [-0.4, -0.2) is 41.3 Å². The SMILES string of the molecule is Cc1c(-n2nccn2)sc2c1c(=O)n(C(C)(C)C(=O)O)c(=O)n2C[C@H](OC(C)C)c1cc(F)ccc1OCc1ccccc1. The number of aliphatic carboxylic acids is 1. The fourth-order valence-corrected chi connectivity index (χ4v) is 6.16. The van der Waals surface area contributed by atoms with E-state index < -0.39 is 34.7 Å². The lowest BCUT2D eigenvalue weighted by molar-refractivity contribution is -0.146. The number of carbonyl (C=O) groups is 1. The fourth-order valence-electron chi connectivity index (χ4n) is 4.94. The van der Waals surface area contributed by atoms with E-state index in [2.05, 4.69) is 10.2 Å². The third-order valence-electron chi connectivity index (χ3n) is 7.21. The minimum atomic E-state index is -1.89. The number of aryl methyl sites for hydroxylation is 1. The highest BCUT2D eigenvalue weighted by atomic mass is 32.1. The lowest BCUT2D eigenvalue weighted by Gasteiger charge is -2.27.